The molecule has 5 heteroatoms. The van der Waals surface area contributed by atoms with Gasteiger partial charge in [-0.15, -0.1) is 0 Å². The minimum atomic E-state index is -0.740. The van der Waals surface area contributed by atoms with Gasteiger partial charge in [0.15, 0.2) is 0 Å². The number of nitrogens with one attached hydrogen (secondary N) is 2. The molecular formula is C13H23N3O2. The van der Waals surface area contributed by atoms with Gasteiger partial charge in [-0.1, -0.05) is 0 Å². The molecule has 2 rings (SSSR count). The summed E-state index contributed by atoms with van der Waals surface area (Å²) in [5, 5.41) is 5.75. The van der Waals surface area contributed by atoms with E-state index in [4.69, 9.17) is 5.73 Å². The Kier molecular flexibility index (Phi) is 3.90. The topological polar surface area (TPSA) is 84.2 Å². The van der Waals surface area contributed by atoms with Crippen molar-refractivity contribution in [1.29, 1.82) is 0 Å². The molecule has 0 bridgehead atoms. The van der Waals surface area contributed by atoms with Crippen LogP contribution in [0.15, 0.2) is 0 Å². The molecule has 4 N–H and O–H groups in total. The summed E-state index contributed by atoms with van der Waals surface area (Å²) in [6.45, 7) is 2.32. The highest BCUT2D eigenvalue weighted by Gasteiger charge is 2.43. The van der Waals surface area contributed by atoms with Crippen LogP contribution < -0.4 is 16.4 Å². The molecule has 0 aromatic heterocycles. The Labute approximate surface area is 108 Å². The van der Waals surface area contributed by atoms with Gasteiger partial charge in [-0.3, -0.25) is 9.59 Å². The second kappa shape index (κ2) is 5.26. The molecule has 102 valence electrons. The van der Waals surface area contributed by atoms with E-state index in [-0.39, 0.29) is 11.8 Å². The highest BCUT2D eigenvalue weighted by molar-refractivity contribution is 5.86. The van der Waals surface area contributed by atoms with E-state index in [1.807, 2.05) is 0 Å². The number of hydrogen-bond acceptors (Lipinski definition) is 3. The minimum absolute atomic E-state index is 0.0875. The number of carbonyl (C=O) groups is 2. The number of nitrogens with two attached hydrogens (primary N) is 1. The molecule has 2 amide bonds. The molecule has 2 aliphatic rings. The Hall–Kier alpha value is -1.10. The van der Waals surface area contributed by atoms with Gasteiger partial charge in [-0.05, 0) is 44.9 Å². The highest BCUT2D eigenvalue weighted by Crippen LogP contribution is 2.38. The summed E-state index contributed by atoms with van der Waals surface area (Å²) in [6.07, 6.45) is 5.45. The van der Waals surface area contributed by atoms with Crippen molar-refractivity contribution in [3.8, 4) is 0 Å². The summed E-state index contributed by atoms with van der Waals surface area (Å²) in [4.78, 5) is 23.2. The largest absolute Gasteiger partial charge is 0.354 e. The van der Waals surface area contributed by atoms with Gasteiger partial charge < -0.3 is 16.4 Å². The third-order valence-electron chi connectivity index (χ3n) is 3.72. The zero-order valence-corrected chi connectivity index (χ0v) is 11.0. The summed E-state index contributed by atoms with van der Waals surface area (Å²) < 4.78 is 0. The molecule has 0 radical (unpaired) electrons. The van der Waals surface area contributed by atoms with Crippen molar-refractivity contribution in [1.82, 2.24) is 10.6 Å². The van der Waals surface area contributed by atoms with E-state index in [1.54, 1.807) is 6.92 Å². The maximum absolute atomic E-state index is 11.8. The van der Waals surface area contributed by atoms with Crippen molar-refractivity contribution in [2.45, 2.75) is 57.0 Å². The molecule has 0 aromatic rings. The molecule has 2 aliphatic carbocycles. The van der Waals surface area contributed by atoms with Crippen molar-refractivity contribution < 1.29 is 9.59 Å². The first-order valence-electron chi connectivity index (χ1n) is 6.86. The molecule has 0 aliphatic heterocycles. The van der Waals surface area contributed by atoms with Crippen molar-refractivity contribution >= 4 is 11.8 Å². The lowest BCUT2D eigenvalue weighted by molar-refractivity contribution is -0.127. The first-order valence-corrected chi connectivity index (χ1v) is 6.86. The highest BCUT2D eigenvalue weighted by atomic mass is 16.2. The SMILES string of the molecule is CC(N)(C(=O)NCCCC(=O)NC1CC1)C1CC1. The van der Waals surface area contributed by atoms with Crippen LogP contribution >= 0.6 is 0 Å². The van der Waals surface area contributed by atoms with Gasteiger partial charge >= 0.3 is 0 Å². The Bertz CT molecular complexity index is 333. The average molecular weight is 253 g/mol. The number of amides is 2. The normalized spacial score (nSPS) is 22.1. The van der Waals surface area contributed by atoms with E-state index in [0.717, 1.165) is 25.7 Å². The first kappa shape index (κ1) is 13.3. The lowest BCUT2D eigenvalue weighted by atomic mass is 9.96. The predicted molar refractivity (Wildman–Crippen MR) is 68.7 cm³/mol. The standard InChI is InChI=1S/C13H23N3O2/c1-13(14,9-4-5-9)12(18)15-8-2-3-11(17)16-10-6-7-10/h9-10H,2-8,14H2,1H3,(H,15,18)(H,16,17). The van der Waals surface area contributed by atoms with Gasteiger partial charge in [0, 0.05) is 19.0 Å². The van der Waals surface area contributed by atoms with Crippen LogP contribution in [0.5, 0.6) is 0 Å². The van der Waals surface area contributed by atoms with Crippen LogP contribution in [0.25, 0.3) is 0 Å². The quantitative estimate of drug-likeness (QED) is 0.570. The number of rotatable bonds is 7. The van der Waals surface area contributed by atoms with Crippen LogP contribution in [0.4, 0.5) is 0 Å². The zero-order chi connectivity index (χ0) is 13.2. The molecule has 0 heterocycles. The summed E-state index contributed by atoms with van der Waals surface area (Å²) in [5.74, 6) is 0.327. The Balaban J connectivity index is 1.56. The molecule has 2 saturated carbocycles. The van der Waals surface area contributed by atoms with Crippen LogP contribution in [0.1, 0.15) is 45.4 Å². The summed E-state index contributed by atoms with van der Waals surface area (Å²) in [6, 6.07) is 0.411. The fourth-order valence-electron chi connectivity index (χ4n) is 2.04. The zero-order valence-electron chi connectivity index (χ0n) is 11.0. The lowest BCUT2D eigenvalue weighted by Gasteiger charge is -2.23. The average Bonchev–Trinajstić information content (AvgIpc) is 3.14. The Morgan fingerprint density at radius 2 is 1.94 bits per heavy atom. The Morgan fingerprint density at radius 3 is 2.50 bits per heavy atom. The molecule has 0 aromatic carbocycles. The summed E-state index contributed by atoms with van der Waals surface area (Å²) >= 11 is 0. The third-order valence-corrected chi connectivity index (χ3v) is 3.72. The van der Waals surface area contributed by atoms with E-state index in [1.165, 1.54) is 0 Å². The molecule has 18 heavy (non-hydrogen) atoms. The molecule has 5 nitrogen and oxygen atoms in total. The van der Waals surface area contributed by atoms with Gasteiger partial charge in [-0.25, -0.2) is 0 Å². The second-order valence-corrected chi connectivity index (χ2v) is 5.76. The van der Waals surface area contributed by atoms with Gasteiger partial charge in [0.05, 0.1) is 5.54 Å². The van der Waals surface area contributed by atoms with Crippen LogP contribution in [-0.4, -0.2) is 29.9 Å². The fourth-order valence-corrected chi connectivity index (χ4v) is 2.04. The van der Waals surface area contributed by atoms with Crippen LogP contribution in [0.3, 0.4) is 0 Å². The number of carbonyl (C=O) groups excluding carboxylic acids is 2. The smallest absolute Gasteiger partial charge is 0.240 e. The van der Waals surface area contributed by atoms with Crippen molar-refractivity contribution in [2.24, 2.45) is 11.7 Å². The second-order valence-electron chi connectivity index (χ2n) is 5.76. The predicted octanol–water partition coefficient (Wildman–Crippen LogP) is 0.289. The maximum Gasteiger partial charge on any atom is 0.240 e. The monoisotopic (exact) mass is 253 g/mol. The van der Waals surface area contributed by atoms with E-state index < -0.39 is 5.54 Å². The van der Waals surface area contributed by atoms with E-state index >= 15 is 0 Å². The van der Waals surface area contributed by atoms with Gasteiger partial charge in [0.2, 0.25) is 11.8 Å². The molecule has 1 unspecified atom stereocenters. The molecule has 0 saturated heterocycles. The van der Waals surface area contributed by atoms with Crippen LogP contribution in [-0.2, 0) is 9.59 Å². The van der Waals surface area contributed by atoms with E-state index in [0.29, 0.717) is 31.3 Å². The molecule has 2 fully saturated rings. The van der Waals surface area contributed by atoms with Crippen molar-refractivity contribution in [3.05, 3.63) is 0 Å². The van der Waals surface area contributed by atoms with Crippen molar-refractivity contribution in [3.63, 3.8) is 0 Å². The fraction of sp³-hybridized carbons (Fsp3) is 0.846. The summed E-state index contributed by atoms with van der Waals surface area (Å²) in [7, 11) is 0. The lowest BCUT2D eigenvalue weighted by Crippen LogP contribution is -2.53. The maximum atomic E-state index is 11.8. The van der Waals surface area contributed by atoms with Gasteiger partial charge in [0.1, 0.15) is 0 Å². The van der Waals surface area contributed by atoms with E-state index in [9.17, 15) is 9.59 Å². The summed E-state index contributed by atoms with van der Waals surface area (Å²) in [5.41, 5.74) is 5.25. The van der Waals surface area contributed by atoms with Crippen LogP contribution in [0, 0.1) is 5.92 Å². The van der Waals surface area contributed by atoms with Crippen molar-refractivity contribution in [2.75, 3.05) is 6.54 Å². The van der Waals surface area contributed by atoms with Gasteiger partial charge in [-0.2, -0.15) is 0 Å². The third kappa shape index (κ3) is 3.70. The van der Waals surface area contributed by atoms with Gasteiger partial charge in [0.25, 0.3) is 0 Å². The number of hydrogen-bond donors (Lipinski definition) is 3. The van der Waals surface area contributed by atoms with E-state index in [2.05, 4.69) is 10.6 Å². The first-order chi connectivity index (χ1) is 8.50. The van der Waals surface area contributed by atoms with Crippen LogP contribution in [0.2, 0.25) is 0 Å². The molecular weight excluding hydrogens is 230 g/mol. The molecule has 1 atom stereocenters. The Morgan fingerprint density at radius 1 is 1.28 bits per heavy atom. The minimum Gasteiger partial charge on any atom is -0.354 e. The molecule has 0 spiro atoms.